The van der Waals surface area contributed by atoms with Crippen molar-refractivity contribution in [2.24, 2.45) is 0 Å². The fraction of sp³-hybridized carbons (Fsp3) is 0.571. The molecular formula is C14H24. The quantitative estimate of drug-likeness (QED) is 0.659. The van der Waals surface area contributed by atoms with Gasteiger partial charge in [-0.25, -0.2) is 0 Å². The van der Waals surface area contributed by atoms with E-state index in [2.05, 4.69) is 39.0 Å². The molecule has 0 nitrogen and oxygen atoms in total. The fourth-order valence-electron chi connectivity index (χ4n) is 1.77. The van der Waals surface area contributed by atoms with Gasteiger partial charge in [-0.1, -0.05) is 52.3 Å². The molecule has 0 amide bonds. The highest BCUT2D eigenvalue weighted by Crippen LogP contribution is 2.16. The summed E-state index contributed by atoms with van der Waals surface area (Å²) >= 11 is 0. The summed E-state index contributed by atoms with van der Waals surface area (Å²) in [6.07, 6.45) is 3.64. The van der Waals surface area contributed by atoms with Crippen molar-refractivity contribution in [1.82, 2.24) is 0 Å². The maximum absolute atomic E-state index is 2.26. The van der Waals surface area contributed by atoms with Crippen molar-refractivity contribution in [1.29, 1.82) is 0 Å². The van der Waals surface area contributed by atoms with Gasteiger partial charge in [-0.15, -0.1) is 0 Å². The first-order chi connectivity index (χ1) is 6.79. The molecular weight excluding hydrogens is 168 g/mol. The number of hydrogen-bond acceptors (Lipinski definition) is 0. The molecule has 1 rings (SSSR count). The summed E-state index contributed by atoms with van der Waals surface area (Å²) in [5.74, 6) is 0. The maximum Gasteiger partial charge on any atom is -0.0279 e. The Bertz CT molecular complexity index is 248. The van der Waals surface area contributed by atoms with E-state index in [0.717, 1.165) is 0 Å². The van der Waals surface area contributed by atoms with Gasteiger partial charge in [0, 0.05) is 0 Å². The lowest BCUT2D eigenvalue weighted by Crippen LogP contribution is -1.94. The molecule has 1 aromatic rings. The monoisotopic (exact) mass is 192 g/mol. The van der Waals surface area contributed by atoms with Gasteiger partial charge in [0.1, 0.15) is 0 Å². The summed E-state index contributed by atoms with van der Waals surface area (Å²) in [6.45, 7) is 10.7. The Kier molecular flexibility index (Phi) is 7.18. The van der Waals surface area contributed by atoms with Crippen molar-refractivity contribution in [2.45, 2.75) is 53.9 Å². The van der Waals surface area contributed by atoms with Crippen LogP contribution in [0.2, 0.25) is 0 Å². The van der Waals surface area contributed by atoms with Crippen LogP contribution in [0.3, 0.4) is 0 Å². The number of hydrogen-bond donors (Lipinski definition) is 0. The van der Waals surface area contributed by atoms with Gasteiger partial charge in [-0.05, 0) is 36.5 Å². The highest BCUT2D eigenvalue weighted by atomic mass is 14.1. The SMILES string of the molecule is CC.CCCc1cccc(C)c1CC. The van der Waals surface area contributed by atoms with Gasteiger partial charge >= 0.3 is 0 Å². The minimum absolute atomic E-state index is 1.17. The molecule has 0 aromatic heterocycles. The Labute approximate surface area is 89.4 Å². The Hall–Kier alpha value is -0.780. The molecule has 0 atom stereocenters. The third-order valence-corrected chi connectivity index (χ3v) is 2.38. The standard InChI is InChI=1S/C12H18.C2H6/c1-4-7-11-9-6-8-10(3)12(11)5-2;1-2/h6,8-9H,4-5,7H2,1-3H3;1-2H3. The van der Waals surface area contributed by atoms with E-state index in [1.165, 1.54) is 24.8 Å². The second-order valence-electron chi connectivity index (χ2n) is 3.32. The van der Waals surface area contributed by atoms with E-state index in [9.17, 15) is 0 Å². The molecule has 0 N–H and O–H groups in total. The molecule has 0 aliphatic rings. The van der Waals surface area contributed by atoms with Gasteiger partial charge < -0.3 is 0 Å². The molecule has 0 saturated carbocycles. The van der Waals surface area contributed by atoms with Crippen LogP contribution in [-0.4, -0.2) is 0 Å². The Morgan fingerprint density at radius 3 is 2.21 bits per heavy atom. The Morgan fingerprint density at radius 2 is 1.71 bits per heavy atom. The smallest absolute Gasteiger partial charge is 0.0279 e. The first-order valence-corrected chi connectivity index (χ1v) is 5.87. The van der Waals surface area contributed by atoms with Crippen molar-refractivity contribution in [3.63, 3.8) is 0 Å². The zero-order chi connectivity index (χ0) is 11.0. The van der Waals surface area contributed by atoms with Gasteiger partial charge in [0.15, 0.2) is 0 Å². The lowest BCUT2D eigenvalue weighted by atomic mass is 9.97. The van der Waals surface area contributed by atoms with E-state index in [0.29, 0.717) is 0 Å². The van der Waals surface area contributed by atoms with Crippen LogP contribution in [0.5, 0.6) is 0 Å². The molecule has 0 aliphatic heterocycles. The third kappa shape index (κ3) is 3.53. The van der Waals surface area contributed by atoms with Crippen LogP contribution in [0, 0.1) is 6.92 Å². The van der Waals surface area contributed by atoms with E-state index >= 15 is 0 Å². The van der Waals surface area contributed by atoms with Crippen LogP contribution in [0.15, 0.2) is 18.2 Å². The molecule has 0 radical (unpaired) electrons. The van der Waals surface area contributed by atoms with Crippen LogP contribution >= 0.6 is 0 Å². The van der Waals surface area contributed by atoms with Crippen LogP contribution in [0.1, 0.15) is 50.8 Å². The normalized spacial score (nSPS) is 9.21. The van der Waals surface area contributed by atoms with Crippen LogP contribution in [0.25, 0.3) is 0 Å². The Morgan fingerprint density at radius 1 is 1.07 bits per heavy atom. The minimum atomic E-state index is 1.17. The second-order valence-corrected chi connectivity index (χ2v) is 3.32. The third-order valence-electron chi connectivity index (χ3n) is 2.38. The maximum atomic E-state index is 2.26. The summed E-state index contributed by atoms with van der Waals surface area (Å²) in [6, 6.07) is 6.63. The van der Waals surface area contributed by atoms with E-state index in [4.69, 9.17) is 0 Å². The number of aryl methyl sites for hydroxylation is 2. The molecule has 0 heteroatoms. The highest BCUT2D eigenvalue weighted by molar-refractivity contribution is 5.34. The lowest BCUT2D eigenvalue weighted by Gasteiger charge is -2.09. The summed E-state index contributed by atoms with van der Waals surface area (Å²) in [4.78, 5) is 0. The van der Waals surface area contributed by atoms with Gasteiger partial charge in [0.05, 0.1) is 0 Å². The van der Waals surface area contributed by atoms with Crippen molar-refractivity contribution in [2.75, 3.05) is 0 Å². The molecule has 1 aromatic carbocycles. The first kappa shape index (κ1) is 13.2. The van der Waals surface area contributed by atoms with Crippen LogP contribution in [0.4, 0.5) is 0 Å². The molecule has 14 heavy (non-hydrogen) atoms. The largest absolute Gasteiger partial charge is 0.0683 e. The second kappa shape index (κ2) is 7.61. The van der Waals surface area contributed by atoms with E-state index < -0.39 is 0 Å². The van der Waals surface area contributed by atoms with E-state index in [1.807, 2.05) is 13.8 Å². The van der Waals surface area contributed by atoms with Crippen LogP contribution in [-0.2, 0) is 12.8 Å². The van der Waals surface area contributed by atoms with Crippen molar-refractivity contribution < 1.29 is 0 Å². The van der Waals surface area contributed by atoms with Crippen LogP contribution < -0.4 is 0 Å². The molecule has 0 heterocycles. The van der Waals surface area contributed by atoms with Crippen molar-refractivity contribution >= 4 is 0 Å². The first-order valence-electron chi connectivity index (χ1n) is 5.87. The molecule has 0 unspecified atom stereocenters. The molecule has 0 fully saturated rings. The number of rotatable bonds is 3. The Balaban J connectivity index is 0.000000791. The van der Waals surface area contributed by atoms with Gasteiger partial charge in [-0.2, -0.15) is 0 Å². The fourth-order valence-corrected chi connectivity index (χ4v) is 1.77. The van der Waals surface area contributed by atoms with Gasteiger partial charge in [0.2, 0.25) is 0 Å². The summed E-state index contributed by atoms with van der Waals surface area (Å²) < 4.78 is 0. The predicted molar refractivity (Wildman–Crippen MR) is 65.9 cm³/mol. The summed E-state index contributed by atoms with van der Waals surface area (Å²) in [5, 5.41) is 0. The average Bonchev–Trinajstić information content (AvgIpc) is 2.22. The molecule has 80 valence electrons. The molecule has 0 spiro atoms. The summed E-state index contributed by atoms with van der Waals surface area (Å²) in [5.41, 5.74) is 4.54. The van der Waals surface area contributed by atoms with Gasteiger partial charge in [-0.3, -0.25) is 0 Å². The lowest BCUT2D eigenvalue weighted by molar-refractivity contribution is 0.895. The molecule has 0 aliphatic carbocycles. The highest BCUT2D eigenvalue weighted by Gasteiger charge is 2.01. The minimum Gasteiger partial charge on any atom is -0.0683 e. The van der Waals surface area contributed by atoms with Gasteiger partial charge in [0.25, 0.3) is 0 Å². The average molecular weight is 192 g/mol. The predicted octanol–water partition coefficient (Wildman–Crippen LogP) is 4.54. The topological polar surface area (TPSA) is 0 Å². The van der Waals surface area contributed by atoms with E-state index in [1.54, 1.807) is 11.1 Å². The molecule has 0 bridgehead atoms. The zero-order valence-electron chi connectivity index (χ0n) is 10.4. The zero-order valence-corrected chi connectivity index (χ0v) is 10.4. The van der Waals surface area contributed by atoms with Crippen molar-refractivity contribution in [3.05, 3.63) is 34.9 Å². The molecule has 0 saturated heterocycles. The number of benzene rings is 1. The van der Waals surface area contributed by atoms with Crippen molar-refractivity contribution in [3.8, 4) is 0 Å². The summed E-state index contributed by atoms with van der Waals surface area (Å²) in [7, 11) is 0. The van der Waals surface area contributed by atoms with E-state index in [-0.39, 0.29) is 0 Å².